The predicted octanol–water partition coefficient (Wildman–Crippen LogP) is 2.33. The lowest BCUT2D eigenvalue weighted by molar-refractivity contribution is -0.184. The second-order valence-electron chi connectivity index (χ2n) is 5.49. The second kappa shape index (κ2) is 6.66. The second-order valence-corrected chi connectivity index (χ2v) is 5.49. The largest absolute Gasteiger partial charge is 0.408 e. The number of hydrogen-bond donors (Lipinski definition) is 1. The summed E-state index contributed by atoms with van der Waals surface area (Å²) in [7, 11) is 1.51. The summed E-state index contributed by atoms with van der Waals surface area (Å²) in [5.74, 6) is -0.643. The Morgan fingerprint density at radius 1 is 1.41 bits per heavy atom. The van der Waals surface area contributed by atoms with Crippen LogP contribution in [0.25, 0.3) is 0 Å². The zero-order chi connectivity index (χ0) is 16.3. The van der Waals surface area contributed by atoms with Gasteiger partial charge >= 0.3 is 6.18 Å². The Bertz CT molecular complexity index is 534. The highest BCUT2D eigenvalue weighted by molar-refractivity contribution is 5.94. The molecular weight excluding hydrogens is 297 g/mol. The first-order chi connectivity index (χ1) is 10.3. The molecule has 1 heterocycles. The summed E-state index contributed by atoms with van der Waals surface area (Å²) in [6.45, 7) is 0.209. The van der Waals surface area contributed by atoms with Crippen LogP contribution >= 0.6 is 0 Å². The van der Waals surface area contributed by atoms with Crippen LogP contribution in [0, 0.1) is 0 Å². The maximum absolute atomic E-state index is 13.1. The van der Waals surface area contributed by atoms with Crippen molar-refractivity contribution in [2.45, 2.75) is 37.7 Å². The van der Waals surface area contributed by atoms with Crippen LogP contribution in [-0.2, 0) is 11.3 Å². The fourth-order valence-electron chi connectivity index (χ4n) is 2.69. The van der Waals surface area contributed by atoms with E-state index in [1.165, 1.54) is 13.2 Å². The number of methoxy groups -OCH3 is 1. The molecule has 2 rings (SSSR count). The molecule has 1 aliphatic heterocycles. The molecule has 2 N–H and O–H groups in total. The Hall–Kier alpha value is -1.60. The first kappa shape index (κ1) is 16.8. The number of rotatable bonds is 3. The number of hydrogen-bond acceptors (Lipinski definition) is 3. The van der Waals surface area contributed by atoms with Crippen molar-refractivity contribution >= 4 is 5.91 Å². The molecule has 0 aromatic heterocycles. The number of ether oxygens (including phenoxy) is 1. The van der Waals surface area contributed by atoms with E-state index in [9.17, 15) is 18.0 Å². The molecule has 2 atom stereocenters. The van der Waals surface area contributed by atoms with Crippen LogP contribution in [0.2, 0.25) is 0 Å². The number of halogens is 3. The molecule has 1 aromatic carbocycles. The third kappa shape index (κ3) is 3.78. The molecule has 1 amide bonds. The maximum Gasteiger partial charge on any atom is 0.408 e. The van der Waals surface area contributed by atoms with E-state index in [1.807, 2.05) is 0 Å². The molecule has 1 saturated heterocycles. The summed E-state index contributed by atoms with van der Waals surface area (Å²) in [4.78, 5) is 13.3. The third-order valence-electron chi connectivity index (χ3n) is 3.74. The van der Waals surface area contributed by atoms with Crippen LogP contribution < -0.4 is 5.73 Å². The summed E-state index contributed by atoms with van der Waals surface area (Å²) >= 11 is 0. The molecule has 1 fully saturated rings. The van der Waals surface area contributed by atoms with E-state index in [0.717, 1.165) is 10.5 Å². The number of alkyl halides is 3. The lowest BCUT2D eigenvalue weighted by Crippen LogP contribution is -2.56. The van der Waals surface area contributed by atoms with Crippen LogP contribution in [0.4, 0.5) is 13.2 Å². The number of likely N-dealkylation sites (tertiary alicyclic amines) is 1. The molecule has 4 nitrogen and oxygen atoms in total. The van der Waals surface area contributed by atoms with Crippen LogP contribution in [0.3, 0.4) is 0 Å². The normalized spacial score (nSPS) is 22.7. The van der Waals surface area contributed by atoms with Crippen LogP contribution in [0.1, 0.15) is 28.8 Å². The fraction of sp³-hybridized carbons (Fsp3) is 0.533. The number of carbonyl (C=O) groups is 1. The average Bonchev–Trinajstić information content (AvgIpc) is 2.46. The molecule has 1 aliphatic rings. The molecule has 0 saturated carbocycles. The first-order valence-electron chi connectivity index (χ1n) is 7.04. The van der Waals surface area contributed by atoms with Crippen molar-refractivity contribution in [1.82, 2.24) is 4.90 Å². The summed E-state index contributed by atoms with van der Waals surface area (Å²) in [6, 6.07) is 4.25. The van der Waals surface area contributed by atoms with Gasteiger partial charge in [0.2, 0.25) is 0 Å². The molecule has 0 bridgehead atoms. The summed E-state index contributed by atoms with van der Waals surface area (Å²) in [6.07, 6.45) is -4.34. The topological polar surface area (TPSA) is 55.6 Å². The molecule has 0 unspecified atom stereocenters. The van der Waals surface area contributed by atoms with E-state index < -0.39 is 24.2 Å². The van der Waals surface area contributed by atoms with Crippen molar-refractivity contribution < 1.29 is 22.7 Å². The molecule has 22 heavy (non-hydrogen) atoms. The molecular formula is C15H19F3N2O2. The smallest absolute Gasteiger partial charge is 0.380 e. The van der Waals surface area contributed by atoms with Gasteiger partial charge < -0.3 is 15.4 Å². The number of piperidine rings is 1. The summed E-state index contributed by atoms with van der Waals surface area (Å²) in [5.41, 5.74) is 6.70. The monoisotopic (exact) mass is 316 g/mol. The standard InChI is InChI=1S/C15H19F3N2O2/c1-22-9-10-3-2-4-11(7-10)14(21)20-8-12(19)5-6-13(20)15(16,17)18/h2-4,7,12-13H,5-6,8-9,19H2,1H3/t12-,13+/m0/s1. The molecule has 0 spiro atoms. The van der Waals surface area contributed by atoms with Gasteiger partial charge in [0.1, 0.15) is 6.04 Å². The average molecular weight is 316 g/mol. The van der Waals surface area contributed by atoms with E-state index >= 15 is 0 Å². The van der Waals surface area contributed by atoms with Gasteiger partial charge in [-0.3, -0.25) is 4.79 Å². The van der Waals surface area contributed by atoms with Crippen LogP contribution in [-0.4, -0.2) is 42.7 Å². The fourth-order valence-corrected chi connectivity index (χ4v) is 2.69. The lowest BCUT2D eigenvalue weighted by atomic mass is 9.97. The van der Waals surface area contributed by atoms with Crippen molar-refractivity contribution in [2.24, 2.45) is 5.73 Å². The van der Waals surface area contributed by atoms with E-state index in [-0.39, 0.29) is 24.9 Å². The van der Waals surface area contributed by atoms with Crippen LogP contribution in [0.5, 0.6) is 0 Å². The highest BCUT2D eigenvalue weighted by Gasteiger charge is 2.47. The van der Waals surface area contributed by atoms with Crippen LogP contribution in [0.15, 0.2) is 24.3 Å². The maximum atomic E-state index is 13.1. The van der Waals surface area contributed by atoms with Gasteiger partial charge in [-0.1, -0.05) is 12.1 Å². The quantitative estimate of drug-likeness (QED) is 0.931. The van der Waals surface area contributed by atoms with E-state index in [2.05, 4.69) is 0 Å². The third-order valence-corrected chi connectivity index (χ3v) is 3.74. The van der Waals surface area contributed by atoms with E-state index in [0.29, 0.717) is 6.61 Å². The van der Waals surface area contributed by atoms with Crippen molar-refractivity contribution in [3.05, 3.63) is 35.4 Å². The first-order valence-corrected chi connectivity index (χ1v) is 7.04. The zero-order valence-electron chi connectivity index (χ0n) is 12.3. The molecule has 122 valence electrons. The molecule has 0 radical (unpaired) electrons. The zero-order valence-corrected chi connectivity index (χ0v) is 12.3. The van der Waals surface area contributed by atoms with Gasteiger partial charge in [0.15, 0.2) is 0 Å². The molecule has 1 aromatic rings. The van der Waals surface area contributed by atoms with Crippen molar-refractivity contribution in [1.29, 1.82) is 0 Å². The van der Waals surface area contributed by atoms with Crippen molar-refractivity contribution in [2.75, 3.05) is 13.7 Å². The Labute approximate surface area is 127 Å². The molecule has 0 aliphatic carbocycles. The minimum absolute atomic E-state index is 0.0858. The predicted molar refractivity (Wildman–Crippen MR) is 75.2 cm³/mol. The van der Waals surface area contributed by atoms with Crippen molar-refractivity contribution in [3.8, 4) is 0 Å². The van der Waals surface area contributed by atoms with Gasteiger partial charge in [-0.15, -0.1) is 0 Å². The summed E-state index contributed by atoms with van der Waals surface area (Å²) in [5, 5.41) is 0. The van der Waals surface area contributed by atoms with Gasteiger partial charge in [-0.05, 0) is 30.5 Å². The van der Waals surface area contributed by atoms with E-state index in [1.54, 1.807) is 18.2 Å². The number of nitrogens with zero attached hydrogens (tertiary/aromatic N) is 1. The minimum Gasteiger partial charge on any atom is -0.380 e. The number of nitrogens with two attached hydrogens (primary N) is 1. The minimum atomic E-state index is -4.44. The lowest BCUT2D eigenvalue weighted by Gasteiger charge is -2.39. The SMILES string of the molecule is COCc1cccc(C(=O)N2C[C@@H](N)CC[C@@H]2C(F)(F)F)c1. The highest BCUT2D eigenvalue weighted by Crippen LogP contribution is 2.32. The van der Waals surface area contributed by atoms with Gasteiger partial charge in [0.05, 0.1) is 6.61 Å². The number of benzene rings is 1. The van der Waals surface area contributed by atoms with E-state index in [4.69, 9.17) is 10.5 Å². The Morgan fingerprint density at radius 3 is 2.77 bits per heavy atom. The van der Waals surface area contributed by atoms with Gasteiger partial charge in [0.25, 0.3) is 5.91 Å². The number of amides is 1. The Kier molecular flexibility index (Phi) is 5.08. The van der Waals surface area contributed by atoms with Gasteiger partial charge in [-0.25, -0.2) is 0 Å². The van der Waals surface area contributed by atoms with Gasteiger partial charge in [-0.2, -0.15) is 13.2 Å². The highest BCUT2D eigenvalue weighted by atomic mass is 19.4. The summed E-state index contributed by atoms with van der Waals surface area (Å²) < 4.78 is 44.4. The van der Waals surface area contributed by atoms with Gasteiger partial charge in [0, 0.05) is 25.3 Å². The number of carbonyl (C=O) groups excluding carboxylic acids is 1. The Morgan fingerprint density at radius 2 is 2.14 bits per heavy atom. The van der Waals surface area contributed by atoms with Crippen molar-refractivity contribution in [3.63, 3.8) is 0 Å². The molecule has 7 heteroatoms. The Balaban J connectivity index is 2.26.